The molecule has 31 heavy (non-hydrogen) atoms. The second kappa shape index (κ2) is 10.2. The number of likely N-dealkylation sites (N-methyl/N-ethyl adjacent to an activating group) is 1. The minimum absolute atomic E-state index is 0.145. The van der Waals surface area contributed by atoms with Gasteiger partial charge >= 0.3 is 5.69 Å². The molecule has 0 atom stereocenters. The number of morpholine rings is 1. The van der Waals surface area contributed by atoms with Crippen LogP contribution in [-0.2, 0) is 19.6 Å². The van der Waals surface area contributed by atoms with Crippen LogP contribution < -0.4 is 4.74 Å². The van der Waals surface area contributed by atoms with Crippen molar-refractivity contribution in [2.24, 2.45) is 0 Å². The summed E-state index contributed by atoms with van der Waals surface area (Å²) in [6.07, 6.45) is 5.88. The summed E-state index contributed by atoms with van der Waals surface area (Å²) in [7, 11) is -3.89. The van der Waals surface area contributed by atoms with E-state index in [-0.39, 0.29) is 49.5 Å². The van der Waals surface area contributed by atoms with E-state index in [9.17, 15) is 23.3 Å². The minimum atomic E-state index is -3.89. The van der Waals surface area contributed by atoms with Gasteiger partial charge in [0.1, 0.15) is 0 Å². The zero-order valence-electron chi connectivity index (χ0n) is 17.5. The molecular weight excluding hydrogens is 426 g/mol. The van der Waals surface area contributed by atoms with Gasteiger partial charge in [-0.05, 0) is 44.7 Å². The number of carbonyl (C=O) groups is 1. The van der Waals surface area contributed by atoms with Crippen LogP contribution in [0.1, 0.15) is 32.6 Å². The predicted octanol–water partition coefficient (Wildman–Crippen LogP) is 2.30. The number of ether oxygens (including phenoxy) is 2. The summed E-state index contributed by atoms with van der Waals surface area (Å²) in [5.74, 6) is -0.442. The van der Waals surface area contributed by atoms with Gasteiger partial charge in [-0.25, -0.2) is 8.42 Å². The second-order valence-electron chi connectivity index (χ2n) is 7.27. The van der Waals surface area contributed by atoms with Gasteiger partial charge in [0, 0.05) is 31.4 Å². The third-order valence-electron chi connectivity index (χ3n) is 5.32. The Balaban J connectivity index is 1.76. The van der Waals surface area contributed by atoms with Crippen molar-refractivity contribution in [3.63, 3.8) is 0 Å². The molecule has 1 aromatic rings. The molecule has 1 aliphatic carbocycles. The van der Waals surface area contributed by atoms with Crippen LogP contribution >= 0.6 is 0 Å². The van der Waals surface area contributed by atoms with Crippen LogP contribution in [0.4, 0.5) is 5.69 Å². The molecule has 1 fully saturated rings. The number of hydrogen-bond donors (Lipinski definition) is 0. The van der Waals surface area contributed by atoms with Gasteiger partial charge in [0.15, 0.2) is 12.4 Å². The lowest BCUT2D eigenvalue weighted by atomic mass is 10.0. The summed E-state index contributed by atoms with van der Waals surface area (Å²) in [6, 6.07) is 3.47. The maximum atomic E-state index is 12.8. The molecule has 170 valence electrons. The average Bonchev–Trinajstić information content (AvgIpc) is 2.79. The highest BCUT2D eigenvalue weighted by Gasteiger charge is 2.29. The van der Waals surface area contributed by atoms with Crippen molar-refractivity contribution in [1.82, 2.24) is 9.21 Å². The molecule has 2 aliphatic rings. The number of nitro groups is 1. The van der Waals surface area contributed by atoms with Crippen molar-refractivity contribution in [3.05, 3.63) is 40.1 Å². The number of nitrogens with zero attached hydrogens (tertiary/aromatic N) is 3. The number of benzene rings is 1. The summed E-state index contributed by atoms with van der Waals surface area (Å²) >= 11 is 0. The first-order chi connectivity index (χ1) is 14.8. The normalized spacial score (nSPS) is 17.6. The van der Waals surface area contributed by atoms with Gasteiger partial charge in [-0.15, -0.1) is 0 Å². The van der Waals surface area contributed by atoms with Crippen molar-refractivity contribution in [1.29, 1.82) is 0 Å². The van der Waals surface area contributed by atoms with E-state index in [1.54, 1.807) is 4.90 Å². The molecule has 0 unspecified atom stereocenters. The maximum absolute atomic E-state index is 12.8. The van der Waals surface area contributed by atoms with Crippen LogP contribution in [0.3, 0.4) is 0 Å². The lowest BCUT2D eigenvalue weighted by Crippen LogP contribution is -2.40. The third-order valence-corrected chi connectivity index (χ3v) is 7.21. The first-order valence-corrected chi connectivity index (χ1v) is 11.8. The van der Waals surface area contributed by atoms with Crippen LogP contribution in [0.5, 0.6) is 5.75 Å². The number of amides is 1. The summed E-state index contributed by atoms with van der Waals surface area (Å²) in [5, 5.41) is 11.6. The third kappa shape index (κ3) is 5.41. The van der Waals surface area contributed by atoms with Crippen molar-refractivity contribution in [2.75, 3.05) is 39.5 Å². The van der Waals surface area contributed by atoms with E-state index in [1.165, 1.54) is 16.4 Å². The molecule has 0 N–H and O–H groups in total. The second-order valence-corrected chi connectivity index (χ2v) is 9.21. The predicted molar refractivity (Wildman–Crippen MR) is 112 cm³/mol. The van der Waals surface area contributed by atoms with Gasteiger partial charge in [0.2, 0.25) is 10.0 Å². The number of allylic oxidation sites excluding steroid dienone is 2. The fourth-order valence-corrected chi connectivity index (χ4v) is 5.11. The maximum Gasteiger partial charge on any atom is 0.312 e. The van der Waals surface area contributed by atoms with Crippen LogP contribution in [-0.4, -0.2) is 67.9 Å². The fraction of sp³-hybridized carbons (Fsp3) is 0.550. The van der Waals surface area contributed by atoms with E-state index >= 15 is 0 Å². The molecule has 3 rings (SSSR count). The molecule has 1 aliphatic heterocycles. The van der Waals surface area contributed by atoms with Crippen LogP contribution in [0.2, 0.25) is 0 Å². The van der Waals surface area contributed by atoms with Gasteiger partial charge in [0.25, 0.3) is 5.91 Å². The van der Waals surface area contributed by atoms with Gasteiger partial charge in [-0.3, -0.25) is 14.9 Å². The van der Waals surface area contributed by atoms with Crippen molar-refractivity contribution in [3.8, 4) is 5.75 Å². The zero-order valence-corrected chi connectivity index (χ0v) is 18.3. The first kappa shape index (κ1) is 23.2. The zero-order chi connectivity index (χ0) is 22.4. The van der Waals surface area contributed by atoms with E-state index in [1.807, 2.05) is 13.0 Å². The van der Waals surface area contributed by atoms with Crippen molar-refractivity contribution < 1.29 is 27.6 Å². The molecule has 0 spiro atoms. The Kier molecular flexibility index (Phi) is 7.63. The lowest BCUT2D eigenvalue weighted by Gasteiger charge is -2.26. The average molecular weight is 454 g/mol. The summed E-state index contributed by atoms with van der Waals surface area (Å²) < 4.78 is 37.4. The molecule has 11 heteroatoms. The summed E-state index contributed by atoms with van der Waals surface area (Å²) in [5.41, 5.74) is 0.450. The van der Waals surface area contributed by atoms with E-state index < -0.39 is 20.6 Å². The summed E-state index contributed by atoms with van der Waals surface area (Å²) in [4.78, 5) is 24.9. The molecule has 0 radical (unpaired) electrons. The SMILES string of the molecule is CCN(C(=O)COc1ccc(S(=O)(=O)N2CCOCC2)cc1[N+](=O)[O-])C1=CCCCC1. The highest BCUT2D eigenvalue weighted by atomic mass is 32.2. The molecule has 1 amide bonds. The van der Waals surface area contributed by atoms with E-state index in [2.05, 4.69) is 0 Å². The monoisotopic (exact) mass is 453 g/mol. The highest BCUT2D eigenvalue weighted by molar-refractivity contribution is 7.89. The quantitative estimate of drug-likeness (QED) is 0.437. The smallest absolute Gasteiger partial charge is 0.312 e. The Morgan fingerprint density at radius 2 is 2.03 bits per heavy atom. The van der Waals surface area contributed by atoms with Gasteiger partial charge in [-0.1, -0.05) is 6.08 Å². The molecule has 1 saturated heterocycles. The number of hydrogen-bond acceptors (Lipinski definition) is 7. The molecule has 10 nitrogen and oxygen atoms in total. The standard InChI is InChI=1S/C20H27N3O7S/c1-2-22(16-6-4-3-5-7-16)20(24)15-30-19-9-8-17(14-18(19)23(25)26)31(27,28)21-10-12-29-13-11-21/h6,8-9,14H,2-5,7,10-13,15H2,1H3. The highest BCUT2D eigenvalue weighted by Crippen LogP contribution is 2.31. The Hall–Kier alpha value is -2.50. The first-order valence-electron chi connectivity index (χ1n) is 10.3. The van der Waals surface area contributed by atoms with Gasteiger partial charge < -0.3 is 14.4 Å². The molecular formula is C20H27N3O7S. The Morgan fingerprint density at radius 1 is 1.29 bits per heavy atom. The van der Waals surface area contributed by atoms with Gasteiger partial charge in [-0.2, -0.15) is 4.31 Å². The molecule has 0 saturated carbocycles. The minimum Gasteiger partial charge on any atom is -0.477 e. The van der Waals surface area contributed by atoms with E-state index in [0.717, 1.165) is 37.4 Å². The fourth-order valence-electron chi connectivity index (χ4n) is 3.68. The summed E-state index contributed by atoms with van der Waals surface area (Å²) in [6.45, 7) is 2.89. The number of rotatable bonds is 8. The van der Waals surface area contributed by atoms with Crippen LogP contribution in [0, 0.1) is 10.1 Å². The number of carbonyl (C=O) groups excluding carboxylic acids is 1. The Labute approximate surface area is 181 Å². The van der Waals surface area contributed by atoms with Crippen LogP contribution in [0.15, 0.2) is 34.9 Å². The van der Waals surface area contributed by atoms with Crippen LogP contribution in [0.25, 0.3) is 0 Å². The Morgan fingerprint density at radius 3 is 2.65 bits per heavy atom. The van der Waals surface area contributed by atoms with Gasteiger partial charge in [0.05, 0.1) is 23.0 Å². The van der Waals surface area contributed by atoms with E-state index in [4.69, 9.17) is 9.47 Å². The number of sulfonamides is 1. The Bertz CT molecular complexity index is 956. The van der Waals surface area contributed by atoms with Crippen molar-refractivity contribution >= 4 is 21.6 Å². The molecule has 0 bridgehead atoms. The molecule has 0 aromatic heterocycles. The lowest BCUT2D eigenvalue weighted by molar-refractivity contribution is -0.386. The largest absolute Gasteiger partial charge is 0.477 e. The molecule has 1 aromatic carbocycles. The molecule has 1 heterocycles. The number of nitro benzene ring substituents is 1. The van der Waals surface area contributed by atoms with E-state index in [0.29, 0.717) is 6.54 Å². The van der Waals surface area contributed by atoms with Crippen molar-refractivity contribution in [2.45, 2.75) is 37.5 Å². The topological polar surface area (TPSA) is 119 Å².